The Morgan fingerprint density at radius 1 is 1.29 bits per heavy atom. The number of amides is 1. The minimum Gasteiger partial charge on any atom is -0.352 e. The molecule has 1 aliphatic heterocycles. The molecule has 0 aliphatic carbocycles. The largest absolute Gasteiger partial charge is 0.352 e. The Bertz CT molecular complexity index is 703. The molecule has 1 amide bonds. The molecule has 134 valence electrons. The van der Waals surface area contributed by atoms with Gasteiger partial charge in [0.2, 0.25) is 5.91 Å². The maximum Gasteiger partial charge on any atom is 0.238 e. The number of hydrazine groups is 1. The number of carbonyl (C=O) groups excluding carboxylic acids is 1. The van der Waals surface area contributed by atoms with Crippen molar-refractivity contribution in [3.63, 3.8) is 0 Å². The van der Waals surface area contributed by atoms with Crippen LogP contribution in [0, 0.1) is 13.8 Å². The third kappa shape index (κ3) is 5.29. The van der Waals surface area contributed by atoms with Crippen molar-refractivity contribution in [3.8, 4) is 0 Å². The number of sulfone groups is 1. The van der Waals surface area contributed by atoms with Crippen molar-refractivity contribution in [2.75, 3.05) is 12.0 Å². The summed E-state index contributed by atoms with van der Waals surface area (Å²) in [5.41, 5.74) is 9.85. The van der Waals surface area contributed by atoms with Crippen LogP contribution < -0.4 is 16.2 Å². The lowest BCUT2D eigenvalue weighted by molar-refractivity contribution is -0.123. The second-order valence-corrected chi connectivity index (χ2v) is 9.06. The minimum atomic E-state index is -3.01. The minimum absolute atomic E-state index is 0.0794. The fourth-order valence-electron chi connectivity index (χ4n) is 2.73. The molecule has 1 heterocycles. The van der Waals surface area contributed by atoms with E-state index in [4.69, 9.17) is 0 Å². The van der Waals surface area contributed by atoms with Gasteiger partial charge in [-0.05, 0) is 50.3 Å². The number of nitrogens with one attached hydrogen (secondary N) is 3. The summed E-state index contributed by atoms with van der Waals surface area (Å²) < 4.78 is 22.4. The molecule has 3 atom stereocenters. The van der Waals surface area contributed by atoms with Crippen LogP contribution in [0.4, 0.5) is 0 Å². The zero-order chi connectivity index (χ0) is 17.9. The summed E-state index contributed by atoms with van der Waals surface area (Å²) in [5, 5.41) is 2.88. The predicted octanol–water partition coefficient (Wildman–Crippen LogP) is 1.15. The molecule has 1 fully saturated rings. The van der Waals surface area contributed by atoms with Gasteiger partial charge in [0.25, 0.3) is 0 Å². The number of hydrogen-bond donors (Lipinski definition) is 3. The van der Waals surface area contributed by atoms with Gasteiger partial charge in [-0.25, -0.2) is 19.3 Å². The van der Waals surface area contributed by atoms with Crippen molar-refractivity contribution in [2.24, 2.45) is 0 Å². The van der Waals surface area contributed by atoms with Gasteiger partial charge < -0.3 is 5.32 Å². The van der Waals surface area contributed by atoms with E-state index in [1.807, 2.05) is 6.92 Å². The van der Waals surface area contributed by atoms with Gasteiger partial charge in [-0.2, -0.15) is 0 Å². The molecule has 24 heavy (non-hydrogen) atoms. The Labute approximate surface area is 144 Å². The summed E-state index contributed by atoms with van der Waals surface area (Å²) in [6.07, 6.45) is 2.29. The molecule has 7 heteroatoms. The van der Waals surface area contributed by atoms with E-state index in [2.05, 4.69) is 48.2 Å². The van der Waals surface area contributed by atoms with Gasteiger partial charge in [-0.3, -0.25) is 4.79 Å². The van der Waals surface area contributed by atoms with Crippen LogP contribution >= 0.6 is 0 Å². The van der Waals surface area contributed by atoms with Crippen molar-refractivity contribution in [1.29, 1.82) is 0 Å². The first-order valence-electron chi connectivity index (χ1n) is 8.22. The van der Waals surface area contributed by atoms with Crippen LogP contribution in [0.2, 0.25) is 0 Å². The van der Waals surface area contributed by atoms with Crippen molar-refractivity contribution in [2.45, 2.75) is 51.7 Å². The molecule has 2 rings (SSSR count). The average molecular weight is 353 g/mol. The van der Waals surface area contributed by atoms with Gasteiger partial charge in [0.05, 0.1) is 5.75 Å². The lowest BCUT2D eigenvalue weighted by atomic mass is 9.98. The fourth-order valence-corrected chi connectivity index (χ4v) is 3.52. The van der Waals surface area contributed by atoms with E-state index in [9.17, 15) is 13.2 Å². The van der Waals surface area contributed by atoms with Crippen LogP contribution in [-0.4, -0.2) is 38.4 Å². The summed E-state index contributed by atoms with van der Waals surface area (Å²) in [7, 11) is -3.01. The molecule has 3 N–H and O–H groups in total. The van der Waals surface area contributed by atoms with E-state index in [1.165, 1.54) is 17.4 Å². The average Bonchev–Trinajstić information content (AvgIpc) is 2.97. The van der Waals surface area contributed by atoms with Crippen molar-refractivity contribution >= 4 is 15.7 Å². The molecular weight excluding hydrogens is 326 g/mol. The third-order valence-corrected chi connectivity index (χ3v) is 5.44. The van der Waals surface area contributed by atoms with Gasteiger partial charge in [0, 0.05) is 18.3 Å². The van der Waals surface area contributed by atoms with Crippen molar-refractivity contribution < 1.29 is 13.2 Å². The van der Waals surface area contributed by atoms with Gasteiger partial charge in [-0.15, -0.1) is 0 Å². The zero-order valence-electron chi connectivity index (χ0n) is 14.7. The molecule has 1 aromatic carbocycles. The van der Waals surface area contributed by atoms with Crippen LogP contribution in [-0.2, 0) is 14.6 Å². The highest BCUT2D eigenvalue weighted by molar-refractivity contribution is 7.90. The summed E-state index contributed by atoms with van der Waals surface area (Å²) >= 11 is 0. The first kappa shape index (κ1) is 18.9. The summed E-state index contributed by atoms with van der Waals surface area (Å²) in [6, 6.07) is 5.91. The van der Waals surface area contributed by atoms with Gasteiger partial charge in [0.15, 0.2) is 0 Å². The van der Waals surface area contributed by atoms with Crippen LogP contribution in [0.3, 0.4) is 0 Å². The zero-order valence-corrected chi connectivity index (χ0v) is 15.5. The molecule has 0 spiro atoms. The van der Waals surface area contributed by atoms with Crippen LogP contribution in [0.15, 0.2) is 18.2 Å². The Kier molecular flexibility index (Phi) is 6.01. The summed E-state index contributed by atoms with van der Waals surface area (Å²) in [5.74, 6) is -0.0226. The van der Waals surface area contributed by atoms with Crippen LogP contribution in [0.5, 0.6) is 0 Å². The fraction of sp³-hybridized carbons (Fsp3) is 0.588. The SMILES string of the molecule is Cc1ccc(C2CC(C(=O)NC(C)CCS(C)(=O)=O)NN2)cc1C. The Morgan fingerprint density at radius 3 is 2.62 bits per heavy atom. The van der Waals surface area contributed by atoms with Crippen molar-refractivity contribution in [3.05, 3.63) is 34.9 Å². The van der Waals surface area contributed by atoms with Gasteiger partial charge in [-0.1, -0.05) is 18.2 Å². The summed E-state index contributed by atoms with van der Waals surface area (Å²) in [6.45, 7) is 5.98. The molecule has 0 saturated carbocycles. The number of benzene rings is 1. The maximum atomic E-state index is 12.3. The third-order valence-electron chi connectivity index (χ3n) is 4.46. The maximum absolute atomic E-state index is 12.3. The Morgan fingerprint density at radius 2 is 2.00 bits per heavy atom. The molecule has 0 aromatic heterocycles. The summed E-state index contributed by atoms with van der Waals surface area (Å²) in [4.78, 5) is 12.3. The number of carbonyl (C=O) groups is 1. The second kappa shape index (κ2) is 7.63. The van der Waals surface area contributed by atoms with E-state index >= 15 is 0 Å². The molecular formula is C17H27N3O3S. The first-order chi connectivity index (χ1) is 11.2. The van der Waals surface area contributed by atoms with Crippen molar-refractivity contribution in [1.82, 2.24) is 16.2 Å². The van der Waals surface area contributed by atoms with E-state index in [-0.39, 0.29) is 29.8 Å². The Hall–Kier alpha value is -1.44. The lowest BCUT2D eigenvalue weighted by Gasteiger charge is -2.16. The molecule has 6 nitrogen and oxygen atoms in total. The monoisotopic (exact) mass is 353 g/mol. The quantitative estimate of drug-likeness (QED) is 0.714. The lowest BCUT2D eigenvalue weighted by Crippen LogP contribution is -2.46. The molecule has 1 saturated heterocycles. The Balaban J connectivity index is 1.88. The van der Waals surface area contributed by atoms with Crippen LogP contribution in [0.25, 0.3) is 0 Å². The van der Waals surface area contributed by atoms with Gasteiger partial charge in [0.1, 0.15) is 15.9 Å². The molecule has 1 aliphatic rings. The van der Waals surface area contributed by atoms with E-state index < -0.39 is 9.84 Å². The molecule has 3 unspecified atom stereocenters. The molecule has 1 aromatic rings. The van der Waals surface area contributed by atoms with E-state index in [1.54, 1.807) is 0 Å². The topological polar surface area (TPSA) is 87.3 Å². The first-order valence-corrected chi connectivity index (χ1v) is 10.3. The number of rotatable bonds is 6. The number of aryl methyl sites for hydroxylation is 2. The smallest absolute Gasteiger partial charge is 0.238 e. The highest BCUT2D eigenvalue weighted by Crippen LogP contribution is 2.24. The molecule has 0 bridgehead atoms. The second-order valence-electron chi connectivity index (χ2n) is 6.80. The van der Waals surface area contributed by atoms with E-state index in [0.717, 1.165) is 5.56 Å². The van der Waals surface area contributed by atoms with E-state index in [0.29, 0.717) is 12.8 Å². The normalized spacial score (nSPS) is 22.3. The highest BCUT2D eigenvalue weighted by Gasteiger charge is 2.30. The van der Waals surface area contributed by atoms with Gasteiger partial charge >= 0.3 is 0 Å². The van der Waals surface area contributed by atoms with Crippen LogP contribution in [0.1, 0.15) is 42.5 Å². The molecule has 0 radical (unpaired) electrons. The number of hydrogen-bond acceptors (Lipinski definition) is 5. The predicted molar refractivity (Wildman–Crippen MR) is 95.3 cm³/mol. The highest BCUT2D eigenvalue weighted by atomic mass is 32.2. The standard InChI is InChI=1S/C17H27N3O3S/c1-11-5-6-14(9-12(11)2)15-10-16(20-19-15)17(21)18-13(3)7-8-24(4,22)23/h5-6,9,13,15-16,19-20H,7-8,10H2,1-4H3,(H,18,21).